The number of carbonyl (C=O) groups excluding carboxylic acids is 2. The van der Waals surface area contributed by atoms with Gasteiger partial charge in [-0.25, -0.2) is 0 Å². The maximum Gasteiger partial charge on any atom is 0.292 e. The molecule has 3 fully saturated rings. The quantitative estimate of drug-likeness (QED) is 0.825. The Morgan fingerprint density at radius 2 is 2.08 bits per heavy atom. The molecule has 24 heavy (non-hydrogen) atoms. The molecule has 8 heteroatoms. The standard InChI is InChI=1S/C16H23N5O3/c22-13-4-2-8-21(13)10-9-20-7-1-3-12(20)16-18-14(19-24-16)15(23)17-11-5-6-11/h11-12H,1-10H2,(H,17,23). The third kappa shape index (κ3) is 3.28. The molecular formula is C16H23N5O3. The Labute approximate surface area is 140 Å². The van der Waals surface area contributed by atoms with Crippen LogP contribution in [0.25, 0.3) is 0 Å². The van der Waals surface area contributed by atoms with Crippen LogP contribution >= 0.6 is 0 Å². The molecule has 1 aromatic rings. The van der Waals surface area contributed by atoms with Gasteiger partial charge < -0.3 is 14.7 Å². The Hall–Kier alpha value is -1.96. The van der Waals surface area contributed by atoms with Crippen molar-refractivity contribution in [1.82, 2.24) is 25.3 Å². The summed E-state index contributed by atoms with van der Waals surface area (Å²) in [4.78, 5) is 32.2. The van der Waals surface area contributed by atoms with Crippen LogP contribution < -0.4 is 5.32 Å². The summed E-state index contributed by atoms with van der Waals surface area (Å²) in [6.07, 6.45) is 5.70. The highest BCUT2D eigenvalue weighted by Gasteiger charge is 2.33. The molecule has 0 aromatic carbocycles. The highest BCUT2D eigenvalue weighted by molar-refractivity contribution is 5.90. The van der Waals surface area contributed by atoms with Crippen LogP contribution in [0.4, 0.5) is 0 Å². The molecule has 1 aliphatic carbocycles. The lowest BCUT2D eigenvalue weighted by Gasteiger charge is -2.24. The SMILES string of the molecule is O=C(NC1CC1)c1noc(C2CCCN2CCN2CCCC2=O)n1. The number of nitrogens with zero attached hydrogens (tertiary/aromatic N) is 4. The molecule has 4 rings (SSSR count). The number of aromatic nitrogens is 2. The van der Waals surface area contributed by atoms with E-state index in [1.54, 1.807) is 0 Å². The minimum Gasteiger partial charge on any atom is -0.346 e. The van der Waals surface area contributed by atoms with Crippen molar-refractivity contribution in [1.29, 1.82) is 0 Å². The van der Waals surface area contributed by atoms with Crippen molar-refractivity contribution in [2.45, 2.75) is 50.6 Å². The fraction of sp³-hybridized carbons (Fsp3) is 0.750. The number of nitrogens with one attached hydrogen (secondary N) is 1. The van der Waals surface area contributed by atoms with Crippen molar-refractivity contribution >= 4 is 11.8 Å². The summed E-state index contributed by atoms with van der Waals surface area (Å²) in [5, 5.41) is 6.71. The van der Waals surface area contributed by atoms with Crippen molar-refractivity contribution in [3.63, 3.8) is 0 Å². The average molecular weight is 333 g/mol. The van der Waals surface area contributed by atoms with Gasteiger partial charge in [0.2, 0.25) is 11.8 Å². The summed E-state index contributed by atoms with van der Waals surface area (Å²) in [7, 11) is 0. The zero-order valence-electron chi connectivity index (χ0n) is 13.7. The molecule has 3 heterocycles. The summed E-state index contributed by atoms with van der Waals surface area (Å²) in [6.45, 7) is 3.38. The van der Waals surface area contributed by atoms with Gasteiger partial charge in [0.15, 0.2) is 0 Å². The molecule has 0 spiro atoms. The van der Waals surface area contributed by atoms with Crippen LogP contribution in [0.15, 0.2) is 4.52 Å². The largest absolute Gasteiger partial charge is 0.346 e. The Morgan fingerprint density at radius 1 is 1.21 bits per heavy atom. The van der Waals surface area contributed by atoms with E-state index < -0.39 is 0 Å². The molecule has 8 nitrogen and oxygen atoms in total. The van der Waals surface area contributed by atoms with Crippen molar-refractivity contribution in [3.8, 4) is 0 Å². The van der Waals surface area contributed by atoms with E-state index in [9.17, 15) is 9.59 Å². The molecule has 0 bridgehead atoms. The summed E-state index contributed by atoms with van der Waals surface area (Å²) in [6, 6.07) is 0.332. The highest BCUT2D eigenvalue weighted by Crippen LogP contribution is 2.30. The molecule has 1 aromatic heterocycles. The normalized spacial score (nSPS) is 24.8. The van der Waals surface area contributed by atoms with E-state index in [1.807, 2.05) is 4.90 Å². The molecular weight excluding hydrogens is 310 g/mol. The predicted octanol–water partition coefficient (Wildman–Crippen LogP) is 0.721. The van der Waals surface area contributed by atoms with E-state index in [1.165, 1.54) is 0 Å². The van der Waals surface area contributed by atoms with Crippen LogP contribution in [0.1, 0.15) is 61.1 Å². The minimum absolute atomic E-state index is 0.0534. The zero-order chi connectivity index (χ0) is 16.5. The summed E-state index contributed by atoms with van der Waals surface area (Å²) in [5.74, 6) is 0.641. The van der Waals surface area contributed by atoms with Crippen LogP contribution in [-0.2, 0) is 4.79 Å². The lowest BCUT2D eigenvalue weighted by molar-refractivity contribution is -0.127. The first-order chi connectivity index (χ1) is 11.7. The van der Waals surface area contributed by atoms with Gasteiger partial charge in [-0.05, 0) is 38.6 Å². The maximum atomic E-state index is 12.0. The number of hydrogen-bond donors (Lipinski definition) is 1. The number of rotatable bonds is 6. The number of carbonyl (C=O) groups is 2. The zero-order valence-corrected chi connectivity index (χ0v) is 13.7. The monoisotopic (exact) mass is 333 g/mol. The van der Waals surface area contributed by atoms with E-state index in [2.05, 4.69) is 20.4 Å². The first-order valence-electron chi connectivity index (χ1n) is 8.87. The van der Waals surface area contributed by atoms with E-state index in [0.717, 1.165) is 58.3 Å². The van der Waals surface area contributed by atoms with Crippen molar-refractivity contribution < 1.29 is 14.1 Å². The van der Waals surface area contributed by atoms with Crippen LogP contribution in [-0.4, -0.2) is 64.0 Å². The van der Waals surface area contributed by atoms with Gasteiger partial charge in [-0.15, -0.1) is 0 Å². The number of amides is 2. The van der Waals surface area contributed by atoms with Gasteiger partial charge in [-0.1, -0.05) is 5.16 Å². The second-order valence-corrected chi connectivity index (χ2v) is 6.88. The van der Waals surface area contributed by atoms with Gasteiger partial charge in [-0.3, -0.25) is 14.5 Å². The smallest absolute Gasteiger partial charge is 0.292 e. The Morgan fingerprint density at radius 3 is 2.83 bits per heavy atom. The Balaban J connectivity index is 1.36. The summed E-state index contributed by atoms with van der Waals surface area (Å²) in [5.41, 5.74) is 0. The van der Waals surface area contributed by atoms with E-state index in [4.69, 9.17) is 4.52 Å². The van der Waals surface area contributed by atoms with Crippen LogP contribution in [0.5, 0.6) is 0 Å². The second kappa shape index (κ2) is 6.51. The van der Waals surface area contributed by atoms with Crippen molar-refractivity contribution in [3.05, 3.63) is 11.7 Å². The fourth-order valence-electron chi connectivity index (χ4n) is 3.50. The Bertz CT molecular complexity index is 627. The van der Waals surface area contributed by atoms with Crippen molar-refractivity contribution in [2.24, 2.45) is 0 Å². The number of hydrogen-bond acceptors (Lipinski definition) is 6. The molecule has 2 saturated heterocycles. The number of likely N-dealkylation sites (tertiary alicyclic amines) is 2. The summed E-state index contributed by atoms with van der Waals surface area (Å²) >= 11 is 0. The molecule has 130 valence electrons. The molecule has 1 atom stereocenters. The topological polar surface area (TPSA) is 91.6 Å². The lowest BCUT2D eigenvalue weighted by atomic mass is 10.2. The van der Waals surface area contributed by atoms with E-state index in [-0.39, 0.29) is 29.7 Å². The third-order valence-corrected chi connectivity index (χ3v) is 5.03. The predicted molar refractivity (Wildman–Crippen MR) is 84.1 cm³/mol. The fourth-order valence-corrected chi connectivity index (χ4v) is 3.50. The second-order valence-electron chi connectivity index (χ2n) is 6.88. The first-order valence-corrected chi connectivity index (χ1v) is 8.87. The third-order valence-electron chi connectivity index (χ3n) is 5.03. The molecule has 1 unspecified atom stereocenters. The lowest BCUT2D eigenvalue weighted by Crippen LogP contribution is -2.35. The molecule has 0 radical (unpaired) electrons. The van der Waals surface area contributed by atoms with Crippen LogP contribution in [0, 0.1) is 0 Å². The van der Waals surface area contributed by atoms with Gasteiger partial charge >= 0.3 is 0 Å². The van der Waals surface area contributed by atoms with Gasteiger partial charge in [0.25, 0.3) is 11.7 Å². The molecule has 2 amide bonds. The van der Waals surface area contributed by atoms with Gasteiger partial charge in [0.05, 0.1) is 6.04 Å². The highest BCUT2D eigenvalue weighted by atomic mass is 16.5. The average Bonchev–Trinajstić information content (AvgIpc) is 2.97. The van der Waals surface area contributed by atoms with E-state index >= 15 is 0 Å². The molecule has 1 N–H and O–H groups in total. The maximum absolute atomic E-state index is 12.0. The van der Waals surface area contributed by atoms with Crippen molar-refractivity contribution in [2.75, 3.05) is 26.2 Å². The molecule has 2 aliphatic heterocycles. The Kier molecular flexibility index (Phi) is 4.22. The van der Waals surface area contributed by atoms with Gasteiger partial charge in [0.1, 0.15) is 0 Å². The minimum atomic E-state index is -0.250. The summed E-state index contributed by atoms with van der Waals surface area (Å²) < 4.78 is 5.35. The first kappa shape index (κ1) is 15.6. The molecule has 1 saturated carbocycles. The molecule has 3 aliphatic rings. The van der Waals surface area contributed by atoms with Gasteiger partial charge in [-0.2, -0.15) is 4.98 Å². The van der Waals surface area contributed by atoms with Crippen LogP contribution in [0.3, 0.4) is 0 Å². The van der Waals surface area contributed by atoms with E-state index in [0.29, 0.717) is 12.3 Å². The van der Waals surface area contributed by atoms with Gasteiger partial charge in [0, 0.05) is 32.1 Å². The van der Waals surface area contributed by atoms with Crippen LogP contribution in [0.2, 0.25) is 0 Å².